The average Bonchev–Trinajstić information content (AvgIpc) is 2.98. The molecule has 1 aliphatic heterocycles. The number of nitrogens with one attached hydrogen (secondary N) is 1. The molecule has 0 aromatic carbocycles. The molecule has 118 valence electrons. The van der Waals surface area contributed by atoms with Crippen LogP contribution in [0.25, 0.3) is 0 Å². The van der Waals surface area contributed by atoms with Crippen molar-refractivity contribution in [3.05, 3.63) is 16.3 Å². The third kappa shape index (κ3) is 3.63. The van der Waals surface area contributed by atoms with Crippen molar-refractivity contribution in [2.75, 3.05) is 33.8 Å². The maximum Gasteiger partial charge on any atom is 0.348 e. The number of ether oxygens (including phenoxy) is 1. The van der Waals surface area contributed by atoms with Gasteiger partial charge in [-0.05, 0) is 38.4 Å². The Kier molecular flexibility index (Phi) is 5.37. The van der Waals surface area contributed by atoms with Crippen LogP contribution >= 0.6 is 11.3 Å². The number of piperidine rings is 1. The molecule has 0 amide bonds. The molecule has 2 heterocycles. The van der Waals surface area contributed by atoms with Gasteiger partial charge >= 0.3 is 5.97 Å². The van der Waals surface area contributed by atoms with Gasteiger partial charge in [0.2, 0.25) is 10.0 Å². The molecule has 1 saturated heterocycles. The van der Waals surface area contributed by atoms with Crippen LogP contribution < -0.4 is 5.32 Å². The summed E-state index contributed by atoms with van der Waals surface area (Å²) in [4.78, 5) is 11.9. The molecule has 0 spiro atoms. The number of thiophene rings is 1. The molecule has 1 N–H and O–H groups in total. The first-order valence-corrected chi connectivity index (χ1v) is 9.12. The monoisotopic (exact) mass is 332 g/mol. The molecule has 0 saturated carbocycles. The summed E-state index contributed by atoms with van der Waals surface area (Å²) in [5, 5.41) is 4.63. The van der Waals surface area contributed by atoms with Crippen molar-refractivity contribution in [3.63, 3.8) is 0 Å². The molecule has 2 rings (SSSR count). The number of esters is 1. The highest BCUT2D eigenvalue weighted by atomic mass is 32.2. The fraction of sp³-hybridized carbons (Fsp3) is 0.615. The lowest BCUT2D eigenvalue weighted by Crippen LogP contribution is -2.40. The standard InChI is InChI=1S/C13H20N2O4S2/c1-14-8-10-3-5-15(6-4-10)21(17,18)11-7-12(20-9-11)13(16)19-2/h7,9-10,14H,3-6,8H2,1-2H3. The summed E-state index contributed by atoms with van der Waals surface area (Å²) in [5.41, 5.74) is 0. The van der Waals surface area contributed by atoms with Gasteiger partial charge < -0.3 is 10.1 Å². The zero-order chi connectivity index (χ0) is 15.5. The highest BCUT2D eigenvalue weighted by Crippen LogP contribution is 2.27. The highest BCUT2D eigenvalue weighted by Gasteiger charge is 2.30. The fourth-order valence-electron chi connectivity index (χ4n) is 2.45. The Labute approximate surface area is 129 Å². The third-order valence-corrected chi connectivity index (χ3v) is 6.60. The van der Waals surface area contributed by atoms with Gasteiger partial charge in [-0.3, -0.25) is 0 Å². The Bertz CT molecular complexity index is 589. The van der Waals surface area contributed by atoms with Crippen LogP contribution in [0.3, 0.4) is 0 Å². The minimum absolute atomic E-state index is 0.181. The lowest BCUT2D eigenvalue weighted by molar-refractivity contribution is 0.0606. The first-order valence-electron chi connectivity index (χ1n) is 6.80. The Morgan fingerprint density at radius 3 is 2.71 bits per heavy atom. The molecule has 0 bridgehead atoms. The van der Waals surface area contributed by atoms with E-state index in [9.17, 15) is 13.2 Å². The van der Waals surface area contributed by atoms with Crippen molar-refractivity contribution < 1.29 is 17.9 Å². The molecule has 1 fully saturated rings. The molecule has 8 heteroatoms. The molecule has 0 aliphatic carbocycles. The summed E-state index contributed by atoms with van der Waals surface area (Å²) in [6, 6.07) is 1.39. The van der Waals surface area contributed by atoms with E-state index >= 15 is 0 Å². The molecule has 1 aromatic heterocycles. The van der Waals surface area contributed by atoms with Gasteiger partial charge in [-0.2, -0.15) is 4.31 Å². The van der Waals surface area contributed by atoms with Gasteiger partial charge in [0.05, 0.1) is 12.0 Å². The average molecular weight is 332 g/mol. The van der Waals surface area contributed by atoms with Gasteiger partial charge in [0.1, 0.15) is 4.88 Å². The van der Waals surface area contributed by atoms with Crippen molar-refractivity contribution in [2.45, 2.75) is 17.7 Å². The Morgan fingerprint density at radius 2 is 2.14 bits per heavy atom. The molecule has 6 nitrogen and oxygen atoms in total. The van der Waals surface area contributed by atoms with Gasteiger partial charge in [-0.15, -0.1) is 11.3 Å². The molecule has 0 atom stereocenters. The smallest absolute Gasteiger partial charge is 0.348 e. The number of carbonyl (C=O) groups is 1. The predicted molar refractivity (Wildman–Crippen MR) is 81.1 cm³/mol. The summed E-state index contributed by atoms with van der Waals surface area (Å²) >= 11 is 1.09. The lowest BCUT2D eigenvalue weighted by Gasteiger charge is -2.30. The topological polar surface area (TPSA) is 75.7 Å². The van der Waals surface area contributed by atoms with Crippen molar-refractivity contribution in [2.24, 2.45) is 5.92 Å². The Hall–Kier alpha value is -0.960. The van der Waals surface area contributed by atoms with E-state index in [1.165, 1.54) is 22.9 Å². The molecule has 21 heavy (non-hydrogen) atoms. The minimum atomic E-state index is -3.51. The van der Waals surface area contributed by atoms with Crippen LogP contribution in [0, 0.1) is 5.92 Å². The number of hydrogen-bond acceptors (Lipinski definition) is 6. The SMILES string of the molecule is CNCC1CCN(S(=O)(=O)c2csc(C(=O)OC)c2)CC1. The van der Waals surface area contributed by atoms with Gasteiger partial charge in [0.15, 0.2) is 0 Å². The summed E-state index contributed by atoms with van der Waals surface area (Å²) in [5.74, 6) is 0.0173. The van der Waals surface area contributed by atoms with Gasteiger partial charge in [0, 0.05) is 18.5 Å². The zero-order valence-corrected chi connectivity index (χ0v) is 13.8. The Morgan fingerprint density at radius 1 is 1.48 bits per heavy atom. The van der Waals surface area contributed by atoms with E-state index in [1.54, 1.807) is 0 Å². The first-order chi connectivity index (χ1) is 9.98. The largest absolute Gasteiger partial charge is 0.465 e. The zero-order valence-electron chi connectivity index (χ0n) is 12.2. The predicted octanol–water partition coefficient (Wildman–Crippen LogP) is 1.15. The normalized spacial score (nSPS) is 17.8. The lowest BCUT2D eigenvalue weighted by atomic mass is 9.98. The molecule has 0 radical (unpaired) electrons. The third-order valence-electron chi connectivity index (χ3n) is 3.67. The van der Waals surface area contributed by atoms with E-state index in [1.807, 2.05) is 7.05 Å². The van der Waals surface area contributed by atoms with Crippen molar-refractivity contribution in [1.82, 2.24) is 9.62 Å². The summed E-state index contributed by atoms with van der Waals surface area (Å²) in [6.45, 7) is 1.97. The first kappa shape index (κ1) is 16.4. The van der Waals surface area contributed by atoms with Gasteiger partial charge in [-0.1, -0.05) is 0 Å². The minimum Gasteiger partial charge on any atom is -0.465 e. The van der Waals surface area contributed by atoms with Crippen molar-refractivity contribution in [1.29, 1.82) is 0 Å². The summed E-state index contributed by atoms with van der Waals surface area (Å²) in [7, 11) is -0.320. The van der Waals surface area contributed by atoms with E-state index in [0.717, 1.165) is 30.7 Å². The maximum absolute atomic E-state index is 12.5. The number of methoxy groups -OCH3 is 1. The van der Waals surface area contributed by atoms with E-state index in [4.69, 9.17) is 0 Å². The quantitative estimate of drug-likeness (QED) is 0.819. The number of nitrogens with zero attached hydrogens (tertiary/aromatic N) is 1. The second-order valence-electron chi connectivity index (χ2n) is 5.04. The number of hydrogen-bond donors (Lipinski definition) is 1. The second-order valence-corrected chi connectivity index (χ2v) is 7.89. The van der Waals surface area contributed by atoms with E-state index in [-0.39, 0.29) is 4.90 Å². The van der Waals surface area contributed by atoms with Crippen LogP contribution in [0.15, 0.2) is 16.3 Å². The summed E-state index contributed by atoms with van der Waals surface area (Å²) in [6.07, 6.45) is 1.71. The molecular formula is C13H20N2O4S2. The van der Waals surface area contributed by atoms with Crippen LogP contribution in [0.2, 0.25) is 0 Å². The highest BCUT2D eigenvalue weighted by molar-refractivity contribution is 7.89. The van der Waals surface area contributed by atoms with Gasteiger partial charge in [-0.25, -0.2) is 13.2 Å². The molecule has 1 aromatic rings. The van der Waals surface area contributed by atoms with E-state index in [2.05, 4.69) is 10.1 Å². The molecule has 0 unspecified atom stereocenters. The van der Waals surface area contributed by atoms with Gasteiger partial charge in [0.25, 0.3) is 0 Å². The van der Waals surface area contributed by atoms with E-state index < -0.39 is 16.0 Å². The van der Waals surface area contributed by atoms with Crippen LogP contribution in [-0.4, -0.2) is 52.5 Å². The number of sulfonamides is 1. The fourth-order valence-corrected chi connectivity index (χ4v) is 5.10. The number of carbonyl (C=O) groups excluding carboxylic acids is 1. The molecule has 1 aliphatic rings. The maximum atomic E-state index is 12.5. The summed E-state index contributed by atoms with van der Waals surface area (Å²) < 4.78 is 31.2. The second kappa shape index (κ2) is 6.87. The Balaban J connectivity index is 2.08. The molecular weight excluding hydrogens is 312 g/mol. The van der Waals surface area contributed by atoms with Crippen LogP contribution in [0.1, 0.15) is 22.5 Å². The van der Waals surface area contributed by atoms with Crippen molar-refractivity contribution in [3.8, 4) is 0 Å². The van der Waals surface area contributed by atoms with Crippen LogP contribution in [0.5, 0.6) is 0 Å². The van der Waals surface area contributed by atoms with Crippen LogP contribution in [0.4, 0.5) is 0 Å². The van der Waals surface area contributed by atoms with E-state index in [0.29, 0.717) is 23.9 Å². The van der Waals surface area contributed by atoms with Crippen molar-refractivity contribution >= 4 is 27.3 Å². The van der Waals surface area contributed by atoms with Crippen LogP contribution in [-0.2, 0) is 14.8 Å². The number of rotatable bonds is 5.